The third-order valence-electron chi connectivity index (χ3n) is 3.29. The fraction of sp³-hybridized carbons (Fsp3) is 0.800. The van der Waals surface area contributed by atoms with Gasteiger partial charge in [-0.15, -0.1) is 10.2 Å². The third-order valence-corrected chi connectivity index (χ3v) is 3.91. The minimum Gasteiger partial charge on any atom is -0.357 e. The van der Waals surface area contributed by atoms with Gasteiger partial charge >= 0.3 is 0 Å². The van der Waals surface area contributed by atoms with Gasteiger partial charge in [-0.25, -0.2) is 0 Å². The molecule has 1 fully saturated rings. The van der Waals surface area contributed by atoms with Crippen molar-refractivity contribution in [2.75, 3.05) is 5.32 Å². The van der Waals surface area contributed by atoms with E-state index in [-0.39, 0.29) is 0 Å². The molecule has 3 atom stereocenters. The fourth-order valence-corrected chi connectivity index (χ4v) is 2.61. The van der Waals surface area contributed by atoms with E-state index in [4.69, 9.17) is 0 Å². The first-order valence-electron chi connectivity index (χ1n) is 5.28. The van der Waals surface area contributed by atoms with Crippen molar-refractivity contribution in [3.63, 3.8) is 0 Å². The van der Waals surface area contributed by atoms with E-state index in [0.717, 1.165) is 17.0 Å². The Morgan fingerprint density at radius 3 is 2.86 bits per heavy atom. The molecule has 0 bridgehead atoms. The highest BCUT2D eigenvalue weighted by molar-refractivity contribution is 7.13. The zero-order valence-corrected chi connectivity index (χ0v) is 9.55. The predicted molar refractivity (Wildman–Crippen MR) is 59.5 cm³/mol. The van der Waals surface area contributed by atoms with Crippen LogP contribution in [0.15, 0.2) is 5.51 Å². The molecule has 0 spiro atoms. The van der Waals surface area contributed by atoms with Crippen LogP contribution in [0.4, 0.5) is 5.13 Å². The maximum absolute atomic E-state index is 4.01. The second-order valence-corrected chi connectivity index (χ2v) is 5.19. The second kappa shape index (κ2) is 4.26. The second-order valence-electron chi connectivity index (χ2n) is 4.35. The summed E-state index contributed by atoms with van der Waals surface area (Å²) in [5, 5.41) is 12.3. The van der Waals surface area contributed by atoms with Gasteiger partial charge in [-0.3, -0.25) is 0 Å². The van der Waals surface area contributed by atoms with Crippen LogP contribution in [0.1, 0.15) is 33.1 Å². The Bertz CT molecular complexity index is 273. The minimum absolute atomic E-state index is 0.606. The smallest absolute Gasteiger partial charge is 0.205 e. The van der Waals surface area contributed by atoms with E-state index in [1.54, 1.807) is 16.8 Å². The average Bonchev–Trinajstić information content (AvgIpc) is 2.64. The van der Waals surface area contributed by atoms with Gasteiger partial charge in [-0.1, -0.05) is 25.2 Å². The van der Waals surface area contributed by atoms with Crippen LogP contribution in [0.2, 0.25) is 0 Å². The minimum atomic E-state index is 0.606. The van der Waals surface area contributed by atoms with Crippen LogP contribution in [0, 0.1) is 11.8 Å². The predicted octanol–water partition coefficient (Wildman–Crippen LogP) is 2.77. The van der Waals surface area contributed by atoms with Gasteiger partial charge in [0.25, 0.3) is 0 Å². The summed E-state index contributed by atoms with van der Waals surface area (Å²) in [5.74, 6) is 1.71. The van der Waals surface area contributed by atoms with Gasteiger partial charge in [0.2, 0.25) is 5.13 Å². The lowest BCUT2D eigenvalue weighted by Gasteiger charge is -2.32. The van der Waals surface area contributed by atoms with Crippen molar-refractivity contribution in [2.24, 2.45) is 11.8 Å². The summed E-state index contributed by atoms with van der Waals surface area (Å²) >= 11 is 1.59. The molecule has 2 rings (SSSR count). The Labute approximate surface area is 88.9 Å². The fourth-order valence-electron chi connectivity index (χ4n) is 2.09. The monoisotopic (exact) mass is 211 g/mol. The normalized spacial score (nSPS) is 32.9. The van der Waals surface area contributed by atoms with Crippen LogP contribution in [0.3, 0.4) is 0 Å². The van der Waals surface area contributed by atoms with Gasteiger partial charge in [-0.05, 0) is 31.1 Å². The largest absolute Gasteiger partial charge is 0.357 e. The summed E-state index contributed by atoms with van der Waals surface area (Å²) in [6.45, 7) is 4.70. The van der Waals surface area contributed by atoms with E-state index < -0.39 is 0 Å². The molecule has 3 unspecified atom stereocenters. The van der Waals surface area contributed by atoms with Crippen LogP contribution < -0.4 is 5.32 Å². The van der Waals surface area contributed by atoms with Crippen molar-refractivity contribution in [1.82, 2.24) is 10.2 Å². The molecular weight excluding hydrogens is 194 g/mol. The van der Waals surface area contributed by atoms with E-state index in [1.807, 2.05) is 0 Å². The molecule has 0 aromatic carbocycles. The maximum atomic E-state index is 4.01. The van der Waals surface area contributed by atoms with Crippen LogP contribution in [0.25, 0.3) is 0 Å². The van der Waals surface area contributed by atoms with Crippen molar-refractivity contribution >= 4 is 16.5 Å². The zero-order chi connectivity index (χ0) is 9.97. The summed E-state index contributed by atoms with van der Waals surface area (Å²) < 4.78 is 0. The first-order valence-corrected chi connectivity index (χ1v) is 6.16. The number of aromatic nitrogens is 2. The van der Waals surface area contributed by atoms with Gasteiger partial charge in [0.1, 0.15) is 5.51 Å². The lowest BCUT2D eigenvalue weighted by Crippen LogP contribution is -2.30. The van der Waals surface area contributed by atoms with Crippen LogP contribution in [-0.2, 0) is 0 Å². The van der Waals surface area contributed by atoms with Gasteiger partial charge in [0, 0.05) is 6.04 Å². The average molecular weight is 211 g/mol. The van der Waals surface area contributed by atoms with Crippen LogP contribution in [0.5, 0.6) is 0 Å². The summed E-state index contributed by atoms with van der Waals surface area (Å²) in [6, 6.07) is 0.606. The van der Waals surface area contributed by atoms with E-state index in [0.29, 0.717) is 6.04 Å². The summed E-state index contributed by atoms with van der Waals surface area (Å²) in [5.41, 5.74) is 1.78. The summed E-state index contributed by atoms with van der Waals surface area (Å²) in [7, 11) is 0. The number of anilines is 1. The first-order chi connectivity index (χ1) is 6.75. The molecule has 1 aromatic rings. The van der Waals surface area contributed by atoms with Crippen molar-refractivity contribution < 1.29 is 0 Å². The van der Waals surface area contributed by atoms with Crippen molar-refractivity contribution in [1.29, 1.82) is 0 Å². The molecular formula is C10H17N3S. The molecule has 1 aliphatic rings. The Balaban J connectivity index is 1.88. The molecule has 4 heteroatoms. The van der Waals surface area contributed by atoms with Crippen molar-refractivity contribution in [2.45, 2.75) is 39.2 Å². The van der Waals surface area contributed by atoms with E-state index in [1.165, 1.54) is 19.3 Å². The Hall–Kier alpha value is -0.640. The standard InChI is InChI=1S/C10H17N3S/c1-7-3-4-9(5-8(7)2)12-10-13-11-6-14-10/h6-9H,3-5H2,1-2H3,(H,12,13). The lowest BCUT2D eigenvalue weighted by molar-refractivity contribution is 0.261. The molecule has 0 amide bonds. The number of rotatable bonds is 2. The van der Waals surface area contributed by atoms with Crippen LogP contribution >= 0.6 is 11.3 Å². The lowest BCUT2D eigenvalue weighted by atomic mass is 9.79. The Morgan fingerprint density at radius 1 is 1.36 bits per heavy atom. The highest BCUT2D eigenvalue weighted by Crippen LogP contribution is 2.31. The molecule has 0 aliphatic heterocycles. The van der Waals surface area contributed by atoms with Gasteiger partial charge in [-0.2, -0.15) is 0 Å². The molecule has 0 saturated heterocycles. The van der Waals surface area contributed by atoms with E-state index in [2.05, 4.69) is 29.4 Å². The van der Waals surface area contributed by atoms with Gasteiger partial charge < -0.3 is 5.32 Å². The number of hydrogen-bond acceptors (Lipinski definition) is 4. The molecule has 0 radical (unpaired) electrons. The molecule has 14 heavy (non-hydrogen) atoms. The SMILES string of the molecule is CC1CCC(Nc2nncs2)CC1C. The zero-order valence-electron chi connectivity index (χ0n) is 8.73. The van der Waals surface area contributed by atoms with E-state index >= 15 is 0 Å². The molecule has 1 saturated carbocycles. The van der Waals surface area contributed by atoms with Gasteiger partial charge in [0.15, 0.2) is 0 Å². The van der Waals surface area contributed by atoms with Gasteiger partial charge in [0.05, 0.1) is 0 Å². The number of hydrogen-bond donors (Lipinski definition) is 1. The van der Waals surface area contributed by atoms with Crippen molar-refractivity contribution in [3.8, 4) is 0 Å². The molecule has 1 aromatic heterocycles. The quantitative estimate of drug-likeness (QED) is 0.817. The van der Waals surface area contributed by atoms with E-state index in [9.17, 15) is 0 Å². The maximum Gasteiger partial charge on any atom is 0.205 e. The number of nitrogens with zero attached hydrogens (tertiary/aromatic N) is 2. The third kappa shape index (κ3) is 2.23. The van der Waals surface area contributed by atoms with Crippen molar-refractivity contribution in [3.05, 3.63) is 5.51 Å². The Morgan fingerprint density at radius 2 is 2.21 bits per heavy atom. The number of nitrogens with one attached hydrogen (secondary N) is 1. The molecule has 3 nitrogen and oxygen atoms in total. The summed E-state index contributed by atoms with van der Waals surface area (Å²) in [4.78, 5) is 0. The molecule has 1 heterocycles. The van der Waals surface area contributed by atoms with Crippen LogP contribution in [-0.4, -0.2) is 16.2 Å². The first kappa shape index (κ1) is 9.90. The summed E-state index contributed by atoms with van der Waals surface area (Å²) in [6.07, 6.45) is 3.86. The molecule has 1 aliphatic carbocycles. The Kier molecular flexibility index (Phi) is 3.01. The molecule has 1 N–H and O–H groups in total. The topological polar surface area (TPSA) is 37.8 Å². The highest BCUT2D eigenvalue weighted by Gasteiger charge is 2.24. The molecule has 78 valence electrons. The highest BCUT2D eigenvalue weighted by atomic mass is 32.1.